The number of benzene rings is 3. The molecule has 0 aromatic heterocycles. The molecule has 1 amide bonds. The zero-order valence-electron chi connectivity index (χ0n) is 17.4. The lowest BCUT2D eigenvalue weighted by Gasteiger charge is -2.13. The van der Waals surface area contributed by atoms with Crippen molar-refractivity contribution < 1.29 is 9.53 Å². The van der Waals surface area contributed by atoms with Crippen LogP contribution in [-0.2, 0) is 11.4 Å². The molecule has 0 fully saturated rings. The van der Waals surface area contributed by atoms with Gasteiger partial charge >= 0.3 is 0 Å². The van der Waals surface area contributed by atoms with Gasteiger partial charge in [0.15, 0.2) is 0 Å². The first-order chi connectivity index (χ1) is 15.3. The van der Waals surface area contributed by atoms with Crippen LogP contribution < -0.4 is 10.1 Å². The fourth-order valence-electron chi connectivity index (χ4n) is 2.96. The van der Waals surface area contributed by atoms with Gasteiger partial charge in [0.05, 0.1) is 4.47 Å². The van der Waals surface area contributed by atoms with Crippen LogP contribution in [0, 0.1) is 25.2 Å². The average Bonchev–Trinajstić information content (AvgIpc) is 2.75. The fraction of sp³-hybridized carbons (Fsp3) is 0.120. The predicted molar refractivity (Wildman–Crippen MR) is 138 cm³/mol. The van der Waals surface area contributed by atoms with Crippen LogP contribution in [0.25, 0.3) is 6.08 Å². The lowest BCUT2D eigenvalue weighted by Crippen LogP contribution is -2.14. The number of nitrogens with one attached hydrogen (secondary N) is 1. The van der Waals surface area contributed by atoms with Crippen molar-refractivity contribution in [1.29, 1.82) is 5.26 Å². The molecule has 7 heteroatoms. The summed E-state index contributed by atoms with van der Waals surface area (Å²) < 4.78 is 8.55. The predicted octanol–water partition coefficient (Wildman–Crippen LogP) is 7.72. The minimum absolute atomic E-state index is 0.0237. The Morgan fingerprint density at radius 1 is 1.06 bits per heavy atom. The van der Waals surface area contributed by atoms with Gasteiger partial charge < -0.3 is 10.1 Å². The molecule has 0 saturated heterocycles. The summed E-state index contributed by atoms with van der Waals surface area (Å²) in [4.78, 5) is 12.8. The maximum absolute atomic E-state index is 12.8. The van der Waals surface area contributed by atoms with Crippen LogP contribution in [-0.4, -0.2) is 5.91 Å². The monoisotopic (exact) mass is 616 g/mol. The second-order valence-electron chi connectivity index (χ2n) is 7.09. The number of aryl methyl sites for hydroxylation is 1. The van der Waals surface area contributed by atoms with E-state index in [1.165, 1.54) is 6.08 Å². The van der Waals surface area contributed by atoms with E-state index in [1.54, 1.807) is 0 Å². The van der Waals surface area contributed by atoms with Gasteiger partial charge in [-0.1, -0.05) is 56.1 Å². The Kier molecular flexibility index (Phi) is 8.30. The van der Waals surface area contributed by atoms with Crippen LogP contribution in [0.3, 0.4) is 0 Å². The number of carbonyl (C=O) groups is 1. The molecule has 0 saturated carbocycles. The van der Waals surface area contributed by atoms with Gasteiger partial charge in [0.25, 0.3) is 5.91 Å². The minimum Gasteiger partial charge on any atom is -0.487 e. The molecule has 0 heterocycles. The second kappa shape index (κ2) is 11.0. The standard InChI is InChI=1S/C25H19Br3N2O2/c1-15-4-3-5-23(16(15)2)30-25(31)19(13-29)10-18-11-21(27)12-22(28)24(18)32-14-17-6-8-20(26)9-7-17/h3-12H,14H2,1-2H3,(H,30,31)/b19-10+. The first-order valence-corrected chi connectivity index (χ1v) is 12.0. The number of nitriles is 1. The van der Waals surface area contributed by atoms with Crippen LogP contribution >= 0.6 is 47.8 Å². The average molecular weight is 619 g/mol. The number of nitrogens with zero attached hydrogens (tertiary/aromatic N) is 1. The van der Waals surface area contributed by atoms with Crippen LogP contribution in [0.5, 0.6) is 5.75 Å². The summed E-state index contributed by atoms with van der Waals surface area (Å²) in [6, 6.07) is 19.2. The van der Waals surface area contributed by atoms with Crippen molar-refractivity contribution in [3.05, 3.63) is 95.8 Å². The SMILES string of the molecule is Cc1cccc(NC(=O)/C(C#N)=C/c2cc(Br)cc(Br)c2OCc2ccc(Br)cc2)c1C. The largest absolute Gasteiger partial charge is 0.487 e. The molecular weight excluding hydrogens is 600 g/mol. The Morgan fingerprint density at radius 3 is 2.47 bits per heavy atom. The number of rotatable bonds is 6. The first-order valence-electron chi connectivity index (χ1n) is 9.64. The van der Waals surface area contributed by atoms with E-state index in [-0.39, 0.29) is 5.57 Å². The van der Waals surface area contributed by atoms with Crippen LogP contribution in [0.15, 0.2) is 73.6 Å². The number of ether oxygens (including phenoxy) is 1. The van der Waals surface area contributed by atoms with Crippen LogP contribution in [0.2, 0.25) is 0 Å². The third-order valence-corrected chi connectivity index (χ3v) is 6.43. The highest BCUT2D eigenvalue weighted by atomic mass is 79.9. The van der Waals surface area contributed by atoms with E-state index in [4.69, 9.17) is 4.74 Å². The van der Waals surface area contributed by atoms with E-state index < -0.39 is 5.91 Å². The summed E-state index contributed by atoms with van der Waals surface area (Å²) in [5.41, 5.74) is 4.27. The topological polar surface area (TPSA) is 62.1 Å². The zero-order valence-corrected chi connectivity index (χ0v) is 22.1. The van der Waals surface area contributed by atoms with Gasteiger partial charge in [0.1, 0.15) is 24.0 Å². The maximum atomic E-state index is 12.8. The summed E-state index contributed by atoms with van der Waals surface area (Å²) in [5.74, 6) is 0.0690. The molecule has 1 N–H and O–H groups in total. The number of anilines is 1. The van der Waals surface area contributed by atoms with Crippen molar-refractivity contribution in [1.82, 2.24) is 0 Å². The van der Waals surface area contributed by atoms with Crippen LogP contribution in [0.4, 0.5) is 5.69 Å². The summed E-state index contributed by atoms with van der Waals surface area (Å²) in [6.45, 7) is 4.24. The minimum atomic E-state index is -0.476. The zero-order chi connectivity index (χ0) is 23.3. The van der Waals surface area contributed by atoms with Gasteiger partial charge in [-0.3, -0.25) is 4.79 Å². The van der Waals surface area contributed by atoms with Crippen molar-refractivity contribution in [2.45, 2.75) is 20.5 Å². The Bertz CT molecular complexity index is 1230. The van der Waals surface area contributed by atoms with Gasteiger partial charge in [-0.2, -0.15) is 5.26 Å². The van der Waals surface area contributed by atoms with Gasteiger partial charge in [-0.15, -0.1) is 0 Å². The highest BCUT2D eigenvalue weighted by molar-refractivity contribution is 9.11. The molecule has 0 aliphatic rings. The molecule has 4 nitrogen and oxygen atoms in total. The van der Waals surface area contributed by atoms with Gasteiger partial charge in [0, 0.05) is 20.2 Å². The number of amides is 1. The number of carbonyl (C=O) groups excluding carboxylic acids is 1. The van der Waals surface area contributed by atoms with Crippen molar-refractivity contribution in [3.8, 4) is 11.8 Å². The summed E-state index contributed by atoms with van der Waals surface area (Å²) in [6.07, 6.45) is 1.53. The van der Waals surface area contributed by atoms with Crippen LogP contribution in [0.1, 0.15) is 22.3 Å². The van der Waals surface area contributed by atoms with E-state index in [0.29, 0.717) is 28.1 Å². The van der Waals surface area contributed by atoms with E-state index >= 15 is 0 Å². The highest BCUT2D eigenvalue weighted by Crippen LogP contribution is 2.35. The highest BCUT2D eigenvalue weighted by Gasteiger charge is 2.15. The van der Waals surface area contributed by atoms with Gasteiger partial charge in [-0.05, 0) is 82.9 Å². The molecule has 3 aromatic carbocycles. The third kappa shape index (κ3) is 6.10. The Morgan fingerprint density at radius 2 is 1.78 bits per heavy atom. The van der Waals surface area contributed by atoms with E-state index in [2.05, 4.69) is 53.1 Å². The van der Waals surface area contributed by atoms with Crippen molar-refractivity contribution >= 4 is 65.5 Å². The molecule has 0 spiro atoms. The van der Waals surface area contributed by atoms with Crippen molar-refractivity contribution in [2.24, 2.45) is 0 Å². The van der Waals surface area contributed by atoms with Gasteiger partial charge in [0.2, 0.25) is 0 Å². The fourth-order valence-corrected chi connectivity index (χ4v) is 4.59. The number of halogens is 3. The second-order valence-corrected chi connectivity index (χ2v) is 9.78. The quantitative estimate of drug-likeness (QED) is 0.227. The lowest BCUT2D eigenvalue weighted by atomic mass is 10.1. The van der Waals surface area contributed by atoms with Gasteiger partial charge in [-0.25, -0.2) is 0 Å². The molecule has 0 atom stereocenters. The summed E-state index contributed by atoms with van der Waals surface area (Å²) >= 11 is 10.4. The molecule has 3 rings (SSSR count). The van der Waals surface area contributed by atoms with Crippen molar-refractivity contribution in [2.75, 3.05) is 5.32 Å². The number of hydrogen-bond donors (Lipinski definition) is 1. The van der Waals surface area contributed by atoms with E-state index in [9.17, 15) is 10.1 Å². The molecule has 162 valence electrons. The molecular formula is C25H19Br3N2O2. The molecule has 0 aliphatic carbocycles. The van der Waals surface area contributed by atoms with Crippen molar-refractivity contribution in [3.63, 3.8) is 0 Å². The summed E-state index contributed by atoms with van der Waals surface area (Å²) in [7, 11) is 0. The van der Waals surface area contributed by atoms with E-state index in [1.807, 2.05) is 74.5 Å². The Labute approximate surface area is 212 Å². The lowest BCUT2D eigenvalue weighted by molar-refractivity contribution is -0.112. The third-order valence-electron chi connectivity index (χ3n) is 4.85. The molecule has 0 unspecified atom stereocenters. The molecule has 3 aromatic rings. The summed E-state index contributed by atoms with van der Waals surface area (Å²) in [5, 5.41) is 12.5. The Hall–Kier alpha value is -2.40. The maximum Gasteiger partial charge on any atom is 0.266 e. The Balaban J connectivity index is 1.90. The number of hydrogen-bond acceptors (Lipinski definition) is 3. The normalized spacial score (nSPS) is 11.1. The first kappa shape index (κ1) is 24.2. The molecule has 32 heavy (non-hydrogen) atoms. The molecule has 0 radical (unpaired) electrons. The molecule has 0 bridgehead atoms. The smallest absolute Gasteiger partial charge is 0.266 e. The van der Waals surface area contributed by atoms with E-state index in [0.717, 1.165) is 25.6 Å². The molecule has 0 aliphatic heterocycles.